The van der Waals surface area contributed by atoms with E-state index in [1.54, 1.807) is 61.7 Å². The van der Waals surface area contributed by atoms with Gasteiger partial charge in [0.15, 0.2) is 10.8 Å². The second-order valence-corrected chi connectivity index (χ2v) is 22.8. The fourth-order valence-electron chi connectivity index (χ4n) is 9.38. The number of carbonyl (C=O) groups excluding carboxylic acids is 3. The molecule has 0 unspecified atom stereocenters. The molecular weight excluding hydrogens is 1280 g/mol. The Kier molecular flexibility index (Phi) is 24.3. The third-order valence-corrected chi connectivity index (χ3v) is 15.4. The zero-order chi connectivity index (χ0) is 67.4. The molecule has 31 heteroatoms. The molecule has 0 saturated carbocycles. The number of cyclic esters (lactones) is 1. The van der Waals surface area contributed by atoms with Crippen LogP contribution in [0.2, 0.25) is 0 Å². The topological polar surface area (TPSA) is 386 Å². The van der Waals surface area contributed by atoms with Crippen LogP contribution in [0, 0.1) is 0 Å². The van der Waals surface area contributed by atoms with Crippen LogP contribution in [0.1, 0.15) is 51.8 Å². The van der Waals surface area contributed by atoms with Crippen LogP contribution in [0.25, 0.3) is 22.1 Å². The summed E-state index contributed by atoms with van der Waals surface area (Å²) in [6.45, 7) is 4.34. The normalized spacial score (nSPS) is 14.6. The number of carbonyl (C=O) groups is 3. The molecule has 1 aromatic carbocycles. The van der Waals surface area contributed by atoms with E-state index in [2.05, 4.69) is 113 Å². The van der Waals surface area contributed by atoms with E-state index in [9.17, 15) is 27.6 Å². The first kappa shape index (κ1) is 67.8. The quantitative estimate of drug-likeness (QED) is 0.0633. The first-order valence-electron chi connectivity index (χ1n) is 30.2. The molecule has 97 heavy (non-hydrogen) atoms. The van der Waals surface area contributed by atoms with Gasteiger partial charge >= 0.3 is 22.3 Å². The third-order valence-electron chi connectivity index (χ3n) is 14.2. The zero-order valence-electron chi connectivity index (χ0n) is 51.8. The van der Waals surface area contributed by atoms with Gasteiger partial charge in [-0.3, -0.25) is 24.9 Å². The number of amides is 4. The van der Waals surface area contributed by atoms with E-state index in [0.717, 1.165) is 98.3 Å². The number of anilines is 7. The highest BCUT2D eigenvalue weighted by atomic mass is 32.2. The van der Waals surface area contributed by atoms with Crippen molar-refractivity contribution in [3.63, 3.8) is 0 Å². The van der Waals surface area contributed by atoms with Crippen molar-refractivity contribution in [2.24, 2.45) is 0 Å². The molecule has 0 radical (unpaired) electrons. The van der Waals surface area contributed by atoms with Gasteiger partial charge in [-0.25, -0.2) is 59.4 Å². The minimum Gasteiger partial charge on any atom is -0.444 e. The number of aryl methyl sites for hydroxylation is 2. The summed E-state index contributed by atoms with van der Waals surface area (Å²) in [5.41, 5.74) is 9.79. The number of aromatic amines is 1. The number of ether oxygens (including phenoxy) is 2. The molecule has 0 saturated heterocycles. The van der Waals surface area contributed by atoms with E-state index in [0.29, 0.717) is 61.9 Å². The van der Waals surface area contributed by atoms with Crippen LogP contribution in [0.15, 0.2) is 200 Å². The summed E-state index contributed by atoms with van der Waals surface area (Å²) in [5, 5.41) is 25.4. The van der Waals surface area contributed by atoms with Crippen LogP contribution >= 0.6 is 12.2 Å². The number of hydrogen-bond donors (Lipinski definition) is 11. The Morgan fingerprint density at radius 1 is 0.454 bits per heavy atom. The van der Waals surface area contributed by atoms with Crippen LogP contribution in [-0.2, 0) is 70.2 Å². The number of benzene rings is 1. The molecule has 0 atom stereocenters. The van der Waals surface area contributed by atoms with Crippen molar-refractivity contribution in [1.29, 1.82) is 0 Å². The van der Waals surface area contributed by atoms with Crippen molar-refractivity contribution in [3.05, 3.63) is 245 Å². The van der Waals surface area contributed by atoms with Crippen LogP contribution < -0.4 is 57.5 Å². The molecule has 0 fully saturated rings. The van der Waals surface area contributed by atoms with E-state index in [-0.39, 0.29) is 23.6 Å². The molecular formula is C66H65N21O8S2. The predicted octanol–water partition coefficient (Wildman–Crippen LogP) is 8.52. The molecule has 11 N–H and O–H groups in total. The van der Waals surface area contributed by atoms with Crippen molar-refractivity contribution >= 4 is 108 Å². The Hall–Kier alpha value is -12.1. The Morgan fingerprint density at radius 2 is 1.03 bits per heavy atom. The number of H-pyrrole nitrogens is 1. The van der Waals surface area contributed by atoms with Gasteiger partial charge < -0.3 is 46.4 Å². The van der Waals surface area contributed by atoms with Gasteiger partial charge in [-0.1, -0.05) is 54.6 Å². The summed E-state index contributed by atoms with van der Waals surface area (Å²) in [5.74, 6) is 4.77. The number of urea groups is 1. The number of hydrogen-bond acceptors (Lipinski definition) is 21. The van der Waals surface area contributed by atoms with Gasteiger partial charge in [0.05, 0.1) is 12.3 Å². The Balaban J connectivity index is 0.000000119. The second-order valence-electron chi connectivity index (χ2n) is 20.9. The van der Waals surface area contributed by atoms with Gasteiger partial charge in [0.25, 0.3) is 0 Å². The molecule has 494 valence electrons. The Labute approximate surface area is 561 Å². The van der Waals surface area contributed by atoms with E-state index in [1.807, 2.05) is 115 Å². The summed E-state index contributed by atoms with van der Waals surface area (Å²) in [6, 6.07) is 41.4. The fourth-order valence-corrected chi connectivity index (χ4v) is 10.4. The minimum absolute atomic E-state index is 0.0659. The molecule has 18 rings (SSSR count). The van der Waals surface area contributed by atoms with Crippen LogP contribution in [0.5, 0.6) is 0 Å². The lowest BCUT2D eigenvalue weighted by Crippen LogP contribution is -2.34. The van der Waals surface area contributed by atoms with Crippen LogP contribution in [0.3, 0.4) is 0 Å². The van der Waals surface area contributed by atoms with Gasteiger partial charge in [-0.15, -0.1) is 0 Å². The third kappa shape index (κ3) is 21.0. The van der Waals surface area contributed by atoms with Gasteiger partial charge in [0.2, 0.25) is 11.5 Å². The number of nitrogens with zero attached hydrogens (tertiary/aromatic N) is 10. The summed E-state index contributed by atoms with van der Waals surface area (Å²) in [7, 11) is -3.36. The maximum Gasteiger partial charge on any atom is 0.411 e. The number of pyridine rings is 9. The number of fused-ring (bicyclic) bond motifs is 9. The number of rotatable bonds is 0. The average Bonchev–Trinajstić information content (AvgIpc) is 1.53. The lowest BCUT2D eigenvalue weighted by Gasteiger charge is -2.18. The van der Waals surface area contributed by atoms with Crippen LogP contribution in [0.4, 0.5) is 50.2 Å². The van der Waals surface area contributed by atoms with Gasteiger partial charge in [0.1, 0.15) is 60.2 Å². The fraction of sp³-hybridized carbons (Fsp3) is 0.167. The predicted molar refractivity (Wildman–Crippen MR) is 371 cm³/mol. The Morgan fingerprint density at radius 3 is 1.74 bits per heavy atom. The van der Waals surface area contributed by atoms with Crippen molar-refractivity contribution in [3.8, 4) is 0 Å². The van der Waals surface area contributed by atoms with Gasteiger partial charge in [-0.2, -0.15) is 13.1 Å². The van der Waals surface area contributed by atoms with Crippen molar-refractivity contribution in [2.45, 2.75) is 58.5 Å². The minimum atomic E-state index is -3.36. The van der Waals surface area contributed by atoms with Crippen molar-refractivity contribution < 1.29 is 32.3 Å². The van der Waals surface area contributed by atoms with Crippen molar-refractivity contribution in [2.75, 3.05) is 49.9 Å². The largest absolute Gasteiger partial charge is 0.444 e. The molecule has 10 aromatic heterocycles. The molecule has 0 aliphatic carbocycles. The Bertz CT molecular complexity index is 4280. The highest BCUT2D eigenvalue weighted by molar-refractivity contribution is 7.90. The molecule has 11 aromatic rings. The SMILES string of the molecule is O=C1CCc2cccnc2N1.O=C1NCc2cccnc2N1.O=C1Nc2ccccc2CO1.O=S1(=O)NCc2cccnc2N1.O=c1ccc2cccnc2[nH]1.S=C1NCc2cccnc2N1.c1cnc2c(c1)CCCN2.c1cnc2c(c1)COCN2.c1cnc2ncncc2c1. The standard InChI is InChI=1S/C8H8N2O.C8H6N2O.C8H10N2.C8H7NO2.C7H7N3O.C7H7N3S.C7H5N3.C7H8N2O.C6H7N3O2S/c2*11-7-4-3-6-2-1-5-9-8(6)10-7;1-3-7-4-2-6-10-8(7)9-5-1;10-8-9-7-4-2-1-3-6(7)5-11-8;2*11-7-9-4-5-2-1-3-8-6(5)10-7;1-2-6-4-8-5-10-7(6)9-3-1;1-2-6-4-10-5-9-7(6)8-3-1;10-12(11)8-4-5-2-1-3-7-6(5)9-12/h1-2,5H,3-4H2,(H,9,10,11);1-5H,(H,9,10,11);1,3,5H,2,4,6H2,(H,9,10);1-4H,5H2,(H,9,10);2*1-3H,4H2,(H2,8,9,10,11);1-5H;1-3H,4-5H2,(H,8,9);1-3,8H,4H2,(H,7,9). The summed E-state index contributed by atoms with van der Waals surface area (Å²) >= 11 is 4.92. The van der Waals surface area contributed by atoms with Gasteiger partial charge in [-0.05, 0) is 115 Å². The first-order valence-corrected chi connectivity index (χ1v) is 32.1. The highest BCUT2D eigenvalue weighted by Gasteiger charge is 2.20. The molecule has 7 aliphatic rings. The van der Waals surface area contributed by atoms with Crippen LogP contribution in [-0.4, -0.2) is 99.7 Å². The zero-order valence-corrected chi connectivity index (χ0v) is 53.4. The van der Waals surface area contributed by atoms with E-state index in [4.69, 9.17) is 21.7 Å². The average molecular weight is 1340 g/mol. The maximum absolute atomic E-state index is 11.0. The number of thiocarbonyl (C=S) groups is 1. The first-order chi connectivity index (χ1) is 47.4. The second kappa shape index (κ2) is 34.7. The molecule has 7 aliphatic heterocycles. The van der Waals surface area contributed by atoms with E-state index >= 15 is 0 Å². The van der Waals surface area contributed by atoms with E-state index < -0.39 is 10.2 Å². The molecule has 0 bridgehead atoms. The smallest absolute Gasteiger partial charge is 0.411 e. The van der Waals surface area contributed by atoms with Crippen molar-refractivity contribution in [1.82, 2.24) is 70.2 Å². The maximum atomic E-state index is 11.0. The number of para-hydroxylation sites is 1. The van der Waals surface area contributed by atoms with E-state index in [1.165, 1.54) is 30.8 Å². The molecule has 4 amide bonds. The molecule has 0 spiro atoms. The number of aromatic nitrogens is 11. The lowest BCUT2D eigenvalue weighted by molar-refractivity contribution is -0.116. The number of nitrogens with one attached hydrogen (secondary N) is 11. The molecule has 17 heterocycles. The summed E-state index contributed by atoms with van der Waals surface area (Å²) in [4.78, 5) is 86.0. The summed E-state index contributed by atoms with van der Waals surface area (Å²) in [6.07, 6.45) is 20.3. The summed E-state index contributed by atoms with van der Waals surface area (Å²) < 4.78 is 36.4. The monoisotopic (exact) mass is 1340 g/mol. The molecule has 29 nitrogen and oxygen atoms in total. The lowest BCUT2D eigenvalue weighted by atomic mass is 10.1. The highest BCUT2D eigenvalue weighted by Crippen LogP contribution is 2.23. The van der Waals surface area contributed by atoms with Gasteiger partial charge in [0, 0.05) is 133 Å².